The largest absolute Gasteiger partial charge is 0.472 e. The highest BCUT2D eigenvalue weighted by atomic mass is 31.2. The Kier molecular flexibility index (Phi) is 80.2. The maximum atomic E-state index is 13.2. The van der Waals surface area contributed by atoms with Gasteiger partial charge in [0.25, 0.3) is 0 Å². The number of esters is 4. The van der Waals surface area contributed by atoms with Crippen molar-refractivity contribution in [2.24, 2.45) is 5.92 Å². The molecule has 0 aliphatic carbocycles. The van der Waals surface area contributed by atoms with Crippen LogP contribution < -0.4 is 0 Å². The molecule has 0 aliphatic heterocycles. The topological polar surface area (TPSA) is 237 Å². The van der Waals surface area contributed by atoms with Crippen molar-refractivity contribution in [3.63, 3.8) is 0 Å². The number of rotatable bonds is 89. The average molecular weight is 1580 g/mol. The molecule has 0 heterocycles. The van der Waals surface area contributed by atoms with E-state index in [1.54, 1.807) is 0 Å². The van der Waals surface area contributed by atoms with E-state index in [-0.39, 0.29) is 25.7 Å². The Morgan fingerprint density at radius 1 is 0.250 bits per heavy atom. The van der Waals surface area contributed by atoms with Crippen LogP contribution >= 0.6 is 15.6 Å². The minimum atomic E-state index is -4.97. The lowest BCUT2D eigenvalue weighted by molar-refractivity contribution is -0.161. The highest BCUT2D eigenvalue weighted by Gasteiger charge is 2.30. The molecule has 0 aromatic rings. The van der Waals surface area contributed by atoms with Crippen LogP contribution in [0.25, 0.3) is 0 Å². The smallest absolute Gasteiger partial charge is 0.462 e. The van der Waals surface area contributed by atoms with Gasteiger partial charge in [-0.1, -0.05) is 433 Å². The maximum absolute atomic E-state index is 13.2. The number of carbonyl (C=O) groups excluding carboxylic acids is 4. The van der Waals surface area contributed by atoms with E-state index in [1.165, 1.54) is 308 Å². The molecule has 2 unspecified atom stereocenters. The van der Waals surface area contributed by atoms with Crippen LogP contribution in [0.15, 0.2) is 0 Å². The molecule has 108 heavy (non-hydrogen) atoms. The zero-order valence-electron chi connectivity index (χ0n) is 71.0. The number of carbonyl (C=O) groups is 4. The van der Waals surface area contributed by atoms with E-state index in [2.05, 4.69) is 34.6 Å². The Hall–Kier alpha value is -1.94. The van der Waals surface area contributed by atoms with Gasteiger partial charge in [-0.15, -0.1) is 0 Å². The van der Waals surface area contributed by atoms with Crippen LogP contribution in [0.2, 0.25) is 0 Å². The van der Waals surface area contributed by atoms with Gasteiger partial charge in [0, 0.05) is 25.7 Å². The molecule has 0 radical (unpaired) electrons. The lowest BCUT2D eigenvalue weighted by atomic mass is 10.0. The van der Waals surface area contributed by atoms with E-state index in [4.69, 9.17) is 37.0 Å². The standard InChI is InChI=1S/C89H174O17P2/c1-6-9-12-15-18-21-24-26-28-30-32-33-35-37-39-44-49-54-59-64-69-74-88(93)106-85(79-100-87(92)73-68-63-58-53-48-43-38-36-34-31-29-27-25-22-19-16-13-10-7-2)81-104-108(97,98)102-77-83(90)76-101-107(95,96)103-80-84(78-99-86(91)72-67-62-57-52-46-23-20-17-14-11-8-3)105-89(94)75-70-65-60-55-50-45-41-40-42-47-51-56-61-66-71-82(4)5/h82-85,90H,6-81H2,1-5H3,(H,95,96)(H,97,98)/t83-,84+,85+/m0/s1. The minimum Gasteiger partial charge on any atom is -0.462 e. The number of phosphoric ester groups is 2. The first kappa shape index (κ1) is 106. The first-order valence-electron chi connectivity index (χ1n) is 46.1. The molecule has 0 spiro atoms. The molecule has 0 aliphatic rings. The number of ether oxygens (including phenoxy) is 4. The molecule has 642 valence electrons. The van der Waals surface area contributed by atoms with E-state index in [1.807, 2.05) is 0 Å². The second-order valence-electron chi connectivity index (χ2n) is 32.5. The molecule has 5 atom stereocenters. The Bertz CT molecular complexity index is 2050. The number of hydrogen-bond donors (Lipinski definition) is 3. The summed E-state index contributed by atoms with van der Waals surface area (Å²) in [6.07, 6.45) is 76.4. The van der Waals surface area contributed by atoms with Gasteiger partial charge in [-0.3, -0.25) is 37.3 Å². The molecule has 0 fully saturated rings. The minimum absolute atomic E-state index is 0.108. The number of unbranched alkanes of at least 4 members (excludes halogenated alkanes) is 61. The second-order valence-corrected chi connectivity index (χ2v) is 35.4. The van der Waals surface area contributed by atoms with E-state index in [0.717, 1.165) is 95.8 Å². The molecule has 19 heteroatoms. The number of aliphatic hydroxyl groups is 1. The fourth-order valence-corrected chi connectivity index (χ4v) is 15.6. The SMILES string of the molecule is CCCCCCCCCCCCCCCCCCCCCCCC(=O)O[C@H](COC(=O)CCCCCCCCCCCCCCCCCCCCC)COP(=O)(O)OC[C@@H](O)COP(=O)(O)OC[C@@H](COC(=O)CCCCCCCCCCCCC)OC(=O)CCCCCCCCCCCCCCCCC(C)C. The molecule has 17 nitrogen and oxygen atoms in total. The lowest BCUT2D eigenvalue weighted by Crippen LogP contribution is -2.30. The van der Waals surface area contributed by atoms with Crippen molar-refractivity contribution in [2.75, 3.05) is 39.6 Å². The van der Waals surface area contributed by atoms with Gasteiger partial charge in [-0.25, -0.2) is 9.13 Å². The highest BCUT2D eigenvalue weighted by molar-refractivity contribution is 7.47. The predicted octanol–water partition coefficient (Wildman–Crippen LogP) is 27.5. The fraction of sp³-hybridized carbons (Fsp3) is 0.955. The molecule has 0 aromatic carbocycles. The normalized spacial score (nSPS) is 13.7. The van der Waals surface area contributed by atoms with Crippen molar-refractivity contribution in [1.82, 2.24) is 0 Å². The summed E-state index contributed by atoms with van der Waals surface area (Å²) < 4.78 is 69.0. The molecule has 0 rings (SSSR count). The zero-order chi connectivity index (χ0) is 79.0. The summed E-state index contributed by atoms with van der Waals surface area (Å²) in [5.41, 5.74) is 0. The van der Waals surface area contributed by atoms with Crippen LogP contribution in [0, 0.1) is 5.92 Å². The van der Waals surface area contributed by atoms with Gasteiger partial charge in [0.05, 0.1) is 26.4 Å². The van der Waals surface area contributed by atoms with Gasteiger partial charge < -0.3 is 33.8 Å². The summed E-state index contributed by atoms with van der Waals surface area (Å²) in [5.74, 6) is -1.30. The van der Waals surface area contributed by atoms with Gasteiger partial charge in [-0.05, 0) is 31.6 Å². The van der Waals surface area contributed by atoms with Crippen LogP contribution in [0.4, 0.5) is 0 Å². The van der Waals surface area contributed by atoms with E-state index < -0.39 is 97.5 Å². The monoisotopic (exact) mass is 1580 g/mol. The Balaban J connectivity index is 5.23. The summed E-state index contributed by atoms with van der Waals surface area (Å²) >= 11 is 0. The van der Waals surface area contributed by atoms with Gasteiger partial charge in [0.15, 0.2) is 12.2 Å². The number of aliphatic hydroxyl groups excluding tert-OH is 1. The number of hydrogen-bond acceptors (Lipinski definition) is 15. The quantitative estimate of drug-likeness (QED) is 0.0222. The second kappa shape index (κ2) is 81.6. The first-order chi connectivity index (χ1) is 52.5. The van der Waals surface area contributed by atoms with E-state index in [9.17, 15) is 43.2 Å². The third kappa shape index (κ3) is 82.1. The van der Waals surface area contributed by atoms with Crippen LogP contribution in [0.3, 0.4) is 0 Å². The molecule has 0 amide bonds. The van der Waals surface area contributed by atoms with Crippen LogP contribution in [-0.2, 0) is 65.4 Å². The van der Waals surface area contributed by atoms with Crippen molar-refractivity contribution in [2.45, 2.75) is 502 Å². The van der Waals surface area contributed by atoms with E-state index >= 15 is 0 Å². The Morgan fingerprint density at radius 3 is 0.630 bits per heavy atom. The molecular formula is C89H174O17P2. The predicted molar refractivity (Wildman–Crippen MR) is 446 cm³/mol. The highest BCUT2D eigenvalue weighted by Crippen LogP contribution is 2.45. The van der Waals surface area contributed by atoms with Gasteiger partial charge >= 0.3 is 39.5 Å². The van der Waals surface area contributed by atoms with Crippen LogP contribution in [0.5, 0.6) is 0 Å². The summed E-state index contributed by atoms with van der Waals surface area (Å²) in [6, 6.07) is 0. The third-order valence-electron chi connectivity index (χ3n) is 21.0. The lowest BCUT2D eigenvalue weighted by Gasteiger charge is -2.21. The van der Waals surface area contributed by atoms with Gasteiger partial charge in [-0.2, -0.15) is 0 Å². The van der Waals surface area contributed by atoms with Crippen molar-refractivity contribution in [1.29, 1.82) is 0 Å². The summed E-state index contributed by atoms with van der Waals surface area (Å²) in [6.45, 7) is 7.40. The van der Waals surface area contributed by atoms with Crippen molar-refractivity contribution in [3.8, 4) is 0 Å². The molecule has 0 bridgehead atoms. The molecule has 0 saturated heterocycles. The Labute approximate surface area is 664 Å². The zero-order valence-corrected chi connectivity index (χ0v) is 72.8. The van der Waals surface area contributed by atoms with Crippen molar-refractivity contribution >= 4 is 39.5 Å². The Morgan fingerprint density at radius 2 is 0.426 bits per heavy atom. The van der Waals surface area contributed by atoms with E-state index in [0.29, 0.717) is 25.7 Å². The van der Waals surface area contributed by atoms with Crippen molar-refractivity contribution < 1.29 is 80.2 Å². The van der Waals surface area contributed by atoms with Crippen LogP contribution in [-0.4, -0.2) is 96.7 Å². The van der Waals surface area contributed by atoms with Crippen LogP contribution in [0.1, 0.15) is 484 Å². The summed E-state index contributed by atoms with van der Waals surface area (Å²) in [7, 11) is -9.93. The fourth-order valence-electron chi connectivity index (χ4n) is 14.0. The molecule has 3 N–H and O–H groups in total. The molecule has 0 saturated carbocycles. The summed E-state index contributed by atoms with van der Waals surface area (Å²) in [5, 5.41) is 10.7. The summed E-state index contributed by atoms with van der Waals surface area (Å²) in [4.78, 5) is 73.3. The maximum Gasteiger partial charge on any atom is 0.472 e. The van der Waals surface area contributed by atoms with Crippen molar-refractivity contribution in [3.05, 3.63) is 0 Å². The first-order valence-corrected chi connectivity index (χ1v) is 49.1. The number of phosphoric acid groups is 2. The van der Waals surface area contributed by atoms with Gasteiger partial charge in [0.1, 0.15) is 19.3 Å². The molecule has 0 aromatic heterocycles. The van der Waals surface area contributed by atoms with Gasteiger partial charge in [0.2, 0.25) is 0 Å². The molecular weight excluding hydrogens is 1400 g/mol. The average Bonchev–Trinajstić information content (AvgIpc) is 0.900. The third-order valence-corrected chi connectivity index (χ3v) is 22.9.